The van der Waals surface area contributed by atoms with Crippen LogP contribution in [0.2, 0.25) is 0 Å². The van der Waals surface area contributed by atoms with Crippen LogP contribution in [0.1, 0.15) is 27.1 Å². The second kappa shape index (κ2) is 9.27. The van der Waals surface area contributed by atoms with Crippen molar-refractivity contribution in [2.24, 2.45) is 4.99 Å². The summed E-state index contributed by atoms with van der Waals surface area (Å²) in [5.41, 5.74) is 4.60. The summed E-state index contributed by atoms with van der Waals surface area (Å²) < 4.78 is 1.81. The Labute approximate surface area is 196 Å². The molecule has 0 saturated heterocycles. The highest BCUT2D eigenvalue weighted by Crippen LogP contribution is 2.32. The SMILES string of the molecule is O=C1C=Cc2ccccc2/C1=C/c1sc(=NCc2ccccc2)n(Cc2ccccc2)c1O. The molecule has 5 rings (SSSR count). The van der Waals surface area contributed by atoms with E-state index in [1.54, 1.807) is 12.2 Å². The van der Waals surface area contributed by atoms with E-state index in [-0.39, 0.29) is 11.7 Å². The lowest BCUT2D eigenvalue weighted by Crippen LogP contribution is -2.15. The summed E-state index contributed by atoms with van der Waals surface area (Å²) in [5.74, 6) is 0.0434. The summed E-state index contributed by atoms with van der Waals surface area (Å²) in [7, 11) is 0. The molecule has 0 aliphatic heterocycles. The van der Waals surface area contributed by atoms with Gasteiger partial charge in [0.25, 0.3) is 0 Å². The Morgan fingerprint density at radius 3 is 2.27 bits per heavy atom. The van der Waals surface area contributed by atoms with Crippen LogP contribution in [-0.2, 0) is 17.9 Å². The maximum atomic E-state index is 12.7. The van der Waals surface area contributed by atoms with Crippen molar-refractivity contribution in [2.75, 3.05) is 0 Å². The predicted molar refractivity (Wildman–Crippen MR) is 134 cm³/mol. The molecular formula is C28H22N2O2S. The fourth-order valence-electron chi connectivity index (χ4n) is 3.84. The number of nitrogens with zero attached hydrogens (tertiary/aromatic N) is 2. The first-order valence-electron chi connectivity index (χ1n) is 10.7. The van der Waals surface area contributed by atoms with Gasteiger partial charge in [-0.05, 0) is 34.4 Å². The van der Waals surface area contributed by atoms with Gasteiger partial charge in [0.15, 0.2) is 10.6 Å². The zero-order valence-corrected chi connectivity index (χ0v) is 18.7. The van der Waals surface area contributed by atoms with Crippen LogP contribution in [0.3, 0.4) is 0 Å². The second-order valence-electron chi connectivity index (χ2n) is 7.79. The molecule has 4 nitrogen and oxygen atoms in total. The molecule has 0 atom stereocenters. The molecule has 0 radical (unpaired) electrons. The van der Waals surface area contributed by atoms with Gasteiger partial charge in [0.1, 0.15) is 0 Å². The van der Waals surface area contributed by atoms with Crippen molar-refractivity contribution < 1.29 is 9.90 Å². The molecule has 0 fully saturated rings. The predicted octanol–water partition coefficient (Wildman–Crippen LogP) is 5.54. The Morgan fingerprint density at radius 2 is 1.52 bits per heavy atom. The fraction of sp³-hybridized carbons (Fsp3) is 0.0714. The minimum atomic E-state index is -0.0705. The number of carbonyl (C=O) groups excluding carboxylic acids is 1. The van der Waals surface area contributed by atoms with Gasteiger partial charge in [0.2, 0.25) is 5.88 Å². The quantitative estimate of drug-likeness (QED) is 0.406. The number of hydrogen-bond acceptors (Lipinski definition) is 4. The van der Waals surface area contributed by atoms with Crippen molar-refractivity contribution in [3.8, 4) is 5.88 Å². The monoisotopic (exact) mass is 450 g/mol. The molecule has 1 aliphatic rings. The van der Waals surface area contributed by atoms with Crippen LogP contribution in [0.15, 0.2) is 96.0 Å². The topological polar surface area (TPSA) is 54.6 Å². The van der Waals surface area contributed by atoms with E-state index >= 15 is 0 Å². The third-order valence-electron chi connectivity index (χ3n) is 5.54. The van der Waals surface area contributed by atoms with Gasteiger partial charge in [0, 0.05) is 5.57 Å². The van der Waals surface area contributed by atoms with Crippen molar-refractivity contribution >= 4 is 34.8 Å². The number of thiazole rings is 1. The van der Waals surface area contributed by atoms with Gasteiger partial charge in [-0.15, -0.1) is 0 Å². The first-order chi connectivity index (χ1) is 16.2. The summed E-state index contributed by atoms with van der Waals surface area (Å²) in [5, 5.41) is 11.2. The first kappa shape index (κ1) is 20.9. The van der Waals surface area contributed by atoms with Crippen LogP contribution in [0.25, 0.3) is 17.7 Å². The molecule has 162 valence electrons. The van der Waals surface area contributed by atoms with Gasteiger partial charge in [-0.3, -0.25) is 14.4 Å². The lowest BCUT2D eigenvalue weighted by atomic mass is 9.91. The van der Waals surface area contributed by atoms with Crippen molar-refractivity contribution in [3.63, 3.8) is 0 Å². The number of fused-ring (bicyclic) bond motifs is 1. The molecule has 5 heteroatoms. The minimum Gasteiger partial charge on any atom is -0.493 e. The Hall–Kier alpha value is -3.96. The summed E-state index contributed by atoms with van der Waals surface area (Å²) >= 11 is 1.39. The van der Waals surface area contributed by atoms with Gasteiger partial charge >= 0.3 is 0 Å². The van der Waals surface area contributed by atoms with Crippen LogP contribution in [-0.4, -0.2) is 15.5 Å². The van der Waals surface area contributed by atoms with E-state index in [0.717, 1.165) is 22.3 Å². The smallest absolute Gasteiger partial charge is 0.211 e. The highest BCUT2D eigenvalue weighted by Gasteiger charge is 2.19. The summed E-state index contributed by atoms with van der Waals surface area (Å²) in [6.07, 6.45) is 5.20. The Bertz CT molecular complexity index is 1430. The Balaban J connectivity index is 1.60. The minimum absolute atomic E-state index is 0.0705. The average Bonchev–Trinajstić information content (AvgIpc) is 3.15. The summed E-state index contributed by atoms with van der Waals surface area (Å²) in [4.78, 5) is 18.8. The molecule has 1 aromatic heterocycles. The van der Waals surface area contributed by atoms with Crippen LogP contribution >= 0.6 is 11.3 Å². The van der Waals surface area contributed by atoms with Crippen LogP contribution < -0.4 is 4.80 Å². The Morgan fingerprint density at radius 1 is 0.848 bits per heavy atom. The zero-order valence-electron chi connectivity index (χ0n) is 17.9. The normalized spacial score (nSPS) is 14.6. The van der Waals surface area contributed by atoms with Crippen molar-refractivity contribution in [1.82, 2.24) is 4.57 Å². The highest BCUT2D eigenvalue weighted by molar-refractivity contribution is 7.10. The number of hydrogen-bond donors (Lipinski definition) is 1. The van der Waals surface area contributed by atoms with Crippen LogP contribution in [0.4, 0.5) is 0 Å². The third-order valence-corrected chi connectivity index (χ3v) is 6.59. The molecule has 1 N–H and O–H groups in total. The van der Waals surface area contributed by atoms with Gasteiger partial charge in [-0.2, -0.15) is 0 Å². The maximum Gasteiger partial charge on any atom is 0.211 e. The van der Waals surface area contributed by atoms with E-state index in [0.29, 0.717) is 28.3 Å². The summed E-state index contributed by atoms with van der Waals surface area (Å²) in [6, 6.07) is 27.8. The lowest BCUT2D eigenvalue weighted by Gasteiger charge is -2.12. The number of ketones is 1. The third kappa shape index (κ3) is 4.49. The number of rotatable bonds is 5. The molecule has 4 aromatic rings. The van der Waals surface area contributed by atoms with Crippen LogP contribution in [0, 0.1) is 0 Å². The van der Waals surface area contributed by atoms with E-state index in [4.69, 9.17) is 4.99 Å². The van der Waals surface area contributed by atoms with E-state index in [1.165, 1.54) is 11.3 Å². The van der Waals surface area contributed by atoms with E-state index < -0.39 is 0 Å². The number of carbonyl (C=O) groups is 1. The van der Waals surface area contributed by atoms with Gasteiger partial charge < -0.3 is 5.11 Å². The molecule has 0 bridgehead atoms. The van der Waals surface area contributed by atoms with Crippen LogP contribution in [0.5, 0.6) is 5.88 Å². The largest absolute Gasteiger partial charge is 0.493 e. The Kier molecular flexibility index (Phi) is 5.87. The molecule has 0 amide bonds. The molecule has 1 aliphatic carbocycles. The van der Waals surface area contributed by atoms with E-state index in [1.807, 2.05) is 95.6 Å². The van der Waals surface area contributed by atoms with E-state index in [9.17, 15) is 9.90 Å². The number of allylic oxidation sites excluding steroid dienone is 2. The van der Waals surface area contributed by atoms with E-state index in [2.05, 4.69) is 0 Å². The zero-order chi connectivity index (χ0) is 22.6. The number of aromatic nitrogens is 1. The summed E-state index contributed by atoms with van der Waals surface area (Å²) in [6.45, 7) is 1.00. The highest BCUT2D eigenvalue weighted by atomic mass is 32.1. The standard InChI is InChI=1S/C28H22N2O2S/c31-25-16-15-22-13-7-8-14-23(22)24(25)17-26-27(32)30(19-21-11-5-2-6-12-21)28(33-26)29-18-20-9-3-1-4-10-20/h1-17,32H,18-19H2/b24-17-,29-28?. The first-order valence-corrected chi connectivity index (χ1v) is 11.5. The van der Waals surface area contributed by atoms with Crippen molar-refractivity contribution in [2.45, 2.75) is 13.1 Å². The second-order valence-corrected chi connectivity index (χ2v) is 8.80. The van der Waals surface area contributed by atoms with Gasteiger partial charge in [0.05, 0.1) is 18.0 Å². The molecular weight excluding hydrogens is 428 g/mol. The average molecular weight is 451 g/mol. The van der Waals surface area contributed by atoms with Crippen molar-refractivity contribution in [3.05, 3.63) is 123 Å². The molecule has 0 saturated carbocycles. The number of aromatic hydroxyl groups is 1. The molecule has 33 heavy (non-hydrogen) atoms. The molecule has 3 aromatic carbocycles. The molecule has 1 heterocycles. The number of benzene rings is 3. The fourth-order valence-corrected chi connectivity index (χ4v) is 4.81. The maximum absolute atomic E-state index is 12.7. The molecule has 0 spiro atoms. The van der Waals surface area contributed by atoms with Gasteiger partial charge in [-0.1, -0.05) is 102 Å². The van der Waals surface area contributed by atoms with Crippen molar-refractivity contribution in [1.29, 1.82) is 0 Å². The molecule has 0 unspecified atom stereocenters. The lowest BCUT2D eigenvalue weighted by molar-refractivity contribution is -0.109. The van der Waals surface area contributed by atoms with Gasteiger partial charge in [-0.25, -0.2) is 0 Å².